The van der Waals surface area contributed by atoms with Gasteiger partial charge in [0.2, 0.25) is 15.9 Å². The molecule has 0 unspecified atom stereocenters. The number of hydrogen-bond acceptors (Lipinski definition) is 5. The van der Waals surface area contributed by atoms with Crippen molar-refractivity contribution in [3.8, 4) is 5.75 Å². The summed E-state index contributed by atoms with van der Waals surface area (Å²) in [6.45, 7) is 6.15. The van der Waals surface area contributed by atoms with Gasteiger partial charge < -0.3 is 15.4 Å². The second kappa shape index (κ2) is 9.76. The highest BCUT2D eigenvalue weighted by atomic mass is 32.2. The van der Waals surface area contributed by atoms with E-state index in [4.69, 9.17) is 4.74 Å². The van der Waals surface area contributed by atoms with E-state index in [1.807, 2.05) is 31.2 Å². The van der Waals surface area contributed by atoms with Crippen LogP contribution in [0.25, 0.3) is 0 Å². The van der Waals surface area contributed by atoms with Crippen LogP contribution in [0.2, 0.25) is 0 Å². The SMILES string of the molecule is CCc1ccc(NC(=O)C2CCN(S(=O)(=O)c3cc4c(cc3C)NC(=O)[C@H](CC)O4)CC2)cc1. The van der Waals surface area contributed by atoms with Crippen molar-refractivity contribution in [2.75, 3.05) is 23.7 Å². The number of aryl methyl sites for hydroxylation is 2. The lowest BCUT2D eigenvalue weighted by atomic mass is 9.97. The smallest absolute Gasteiger partial charge is 0.265 e. The van der Waals surface area contributed by atoms with Gasteiger partial charge in [0.1, 0.15) is 5.75 Å². The molecule has 2 heterocycles. The molecule has 4 rings (SSSR count). The second-order valence-electron chi connectivity index (χ2n) is 8.84. The van der Waals surface area contributed by atoms with Gasteiger partial charge in [0.05, 0.1) is 10.6 Å². The average molecular weight is 486 g/mol. The summed E-state index contributed by atoms with van der Waals surface area (Å²) in [5, 5.41) is 5.73. The van der Waals surface area contributed by atoms with Crippen molar-refractivity contribution in [1.82, 2.24) is 4.31 Å². The first-order valence-corrected chi connectivity index (χ1v) is 13.2. The molecule has 1 saturated heterocycles. The largest absolute Gasteiger partial charge is 0.478 e. The molecule has 8 nitrogen and oxygen atoms in total. The van der Waals surface area contributed by atoms with E-state index in [-0.39, 0.29) is 35.7 Å². The molecule has 0 bridgehead atoms. The minimum absolute atomic E-state index is 0.0824. The third-order valence-corrected chi connectivity index (χ3v) is 8.58. The van der Waals surface area contributed by atoms with E-state index in [9.17, 15) is 18.0 Å². The monoisotopic (exact) mass is 485 g/mol. The summed E-state index contributed by atoms with van der Waals surface area (Å²) in [7, 11) is -3.77. The average Bonchev–Trinajstić information content (AvgIpc) is 2.83. The maximum Gasteiger partial charge on any atom is 0.265 e. The maximum atomic E-state index is 13.4. The van der Waals surface area contributed by atoms with Crippen LogP contribution in [0, 0.1) is 12.8 Å². The van der Waals surface area contributed by atoms with E-state index >= 15 is 0 Å². The number of anilines is 2. The number of benzene rings is 2. The molecule has 182 valence electrons. The molecule has 1 atom stereocenters. The molecule has 2 aliphatic rings. The molecule has 2 aliphatic heterocycles. The Morgan fingerprint density at radius 1 is 1.15 bits per heavy atom. The molecule has 2 aromatic carbocycles. The normalized spacial score (nSPS) is 19.1. The van der Waals surface area contributed by atoms with Crippen LogP contribution in [0.4, 0.5) is 11.4 Å². The van der Waals surface area contributed by atoms with Gasteiger partial charge in [-0.15, -0.1) is 0 Å². The first kappa shape index (κ1) is 24.2. The molecule has 0 saturated carbocycles. The van der Waals surface area contributed by atoms with Gasteiger partial charge >= 0.3 is 0 Å². The van der Waals surface area contributed by atoms with Crippen LogP contribution in [-0.4, -0.2) is 43.7 Å². The van der Waals surface area contributed by atoms with Gasteiger partial charge in [-0.1, -0.05) is 26.0 Å². The number of nitrogens with one attached hydrogen (secondary N) is 2. The zero-order valence-corrected chi connectivity index (χ0v) is 20.6. The van der Waals surface area contributed by atoms with Gasteiger partial charge in [0.15, 0.2) is 6.10 Å². The molecule has 2 N–H and O–H groups in total. The zero-order chi connectivity index (χ0) is 24.5. The van der Waals surface area contributed by atoms with E-state index in [2.05, 4.69) is 17.6 Å². The fraction of sp³-hybridized carbons (Fsp3) is 0.440. The van der Waals surface area contributed by atoms with Crippen LogP contribution in [0.5, 0.6) is 5.75 Å². The third kappa shape index (κ3) is 4.81. The van der Waals surface area contributed by atoms with Crippen LogP contribution in [-0.2, 0) is 26.0 Å². The first-order valence-electron chi connectivity index (χ1n) is 11.7. The molecule has 9 heteroatoms. The van der Waals surface area contributed by atoms with Crippen molar-refractivity contribution >= 4 is 33.2 Å². The lowest BCUT2D eigenvalue weighted by Gasteiger charge is -2.32. The van der Waals surface area contributed by atoms with Crippen LogP contribution in [0.15, 0.2) is 41.3 Å². The Morgan fingerprint density at radius 3 is 2.44 bits per heavy atom. The van der Waals surface area contributed by atoms with Gasteiger partial charge in [-0.05, 0) is 61.9 Å². The van der Waals surface area contributed by atoms with Crippen molar-refractivity contribution in [3.05, 3.63) is 47.5 Å². The molecular weight excluding hydrogens is 454 g/mol. The summed E-state index contributed by atoms with van der Waals surface area (Å²) in [4.78, 5) is 24.9. The first-order chi connectivity index (χ1) is 16.2. The van der Waals surface area contributed by atoms with E-state index in [1.54, 1.807) is 13.0 Å². The molecule has 1 fully saturated rings. The number of sulfonamides is 1. The number of rotatable bonds is 6. The highest BCUT2D eigenvalue weighted by Crippen LogP contribution is 2.36. The number of amides is 2. The van der Waals surface area contributed by atoms with E-state index in [1.165, 1.54) is 15.9 Å². The van der Waals surface area contributed by atoms with Crippen LogP contribution >= 0.6 is 0 Å². The minimum Gasteiger partial charge on any atom is -0.478 e. The molecule has 34 heavy (non-hydrogen) atoms. The zero-order valence-electron chi connectivity index (χ0n) is 19.8. The van der Waals surface area contributed by atoms with E-state index in [0.29, 0.717) is 36.3 Å². The number of nitrogens with zero attached hydrogens (tertiary/aromatic N) is 1. The highest BCUT2D eigenvalue weighted by Gasteiger charge is 2.35. The summed E-state index contributed by atoms with van der Waals surface area (Å²) in [5.74, 6) is -0.197. The molecular formula is C25H31N3O5S. The molecule has 0 aromatic heterocycles. The predicted octanol–water partition coefficient (Wildman–Crippen LogP) is 3.71. The molecule has 0 spiro atoms. The van der Waals surface area contributed by atoms with Crippen molar-refractivity contribution in [2.24, 2.45) is 5.92 Å². The van der Waals surface area contributed by atoms with E-state index in [0.717, 1.165) is 12.1 Å². The van der Waals surface area contributed by atoms with Gasteiger partial charge in [0, 0.05) is 30.8 Å². The van der Waals surface area contributed by atoms with Crippen LogP contribution in [0.3, 0.4) is 0 Å². The van der Waals surface area contributed by atoms with Crippen molar-refractivity contribution in [3.63, 3.8) is 0 Å². The Labute approximate surface area is 200 Å². The van der Waals surface area contributed by atoms with Gasteiger partial charge in [0.25, 0.3) is 5.91 Å². The summed E-state index contributed by atoms with van der Waals surface area (Å²) >= 11 is 0. The van der Waals surface area contributed by atoms with Crippen molar-refractivity contribution < 1.29 is 22.7 Å². The Hall–Kier alpha value is -2.91. The minimum atomic E-state index is -3.77. The summed E-state index contributed by atoms with van der Waals surface area (Å²) in [6.07, 6.45) is 1.68. The lowest BCUT2D eigenvalue weighted by Crippen LogP contribution is -2.41. The quantitative estimate of drug-likeness (QED) is 0.649. The van der Waals surface area contributed by atoms with Crippen LogP contribution < -0.4 is 15.4 Å². The number of carbonyl (C=O) groups excluding carboxylic acids is 2. The van der Waals surface area contributed by atoms with E-state index < -0.39 is 16.1 Å². The van der Waals surface area contributed by atoms with Crippen molar-refractivity contribution in [1.29, 1.82) is 0 Å². The number of piperidine rings is 1. The molecule has 2 aromatic rings. The number of fused-ring (bicyclic) bond motifs is 1. The van der Waals surface area contributed by atoms with Crippen molar-refractivity contribution in [2.45, 2.75) is 57.5 Å². The fourth-order valence-corrected chi connectivity index (χ4v) is 6.09. The Bertz CT molecular complexity index is 1190. The number of ether oxygens (including phenoxy) is 1. The highest BCUT2D eigenvalue weighted by molar-refractivity contribution is 7.89. The maximum absolute atomic E-state index is 13.4. The second-order valence-corrected chi connectivity index (χ2v) is 10.7. The molecule has 0 aliphatic carbocycles. The predicted molar refractivity (Wildman–Crippen MR) is 130 cm³/mol. The van der Waals surface area contributed by atoms with Gasteiger partial charge in [-0.2, -0.15) is 4.31 Å². The third-order valence-electron chi connectivity index (χ3n) is 6.54. The standard InChI is InChI=1S/C25H31N3O5S/c1-4-17-6-8-19(9-7-17)26-24(29)18-10-12-28(13-11-18)34(31,32)23-15-22-20(14-16(23)3)27-25(30)21(5-2)33-22/h6-9,14-15,18,21H,4-5,10-13H2,1-3H3,(H,26,29)(H,27,30)/t21-/m0/s1. The van der Waals surface area contributed by atoms with Crippen LogP contribution in [0.1, 0.15) is 44.2 Å². The van der Waals surface area contributed by atoms with Gasteiger partial charge in [-0.3, -0.25) is 9.59 Å². The summed E-state index contributed by atoms with van der Waals surface area (Å²) in [6, 6.07) is 10.9. The summed E-state index contributed by atoms with van der Waals surface area (Å²) < 4.78 is 34.0. The summed E-state index contributed by atoms with van der Waals surface area (Å²) in [5.41, 5.74) is 2.97. The molecule has 2 amide bonds. The van der Waals surface area contributed by atoms with Gasteiger partial charge in [-0.25, -0.2) is 8.42 Å². The fourth-order valence-electron chi connectivity index (χ4n) is 4.40. The number of carbonyl (C=O) groups is 2. The Kier molecular flexibility index (Phi) is 6.95. The lowest BCUT2D eigenvalue weighted by molar-refractivity contribution is -0.123. The topological polar surface area (TPSA) is 105 Å². The molecule has 0 radical (unpaired) electrons. The number of hydrogen-bond donors (Lipinski definition) is 2. The Balaban J connectivity index is 1.43. The Morgan fingerprint density at radius 2 is 1.82 bits per heavy atom.